The van der Waals surface area contributed by atoms with E-state index in [0.717, 1.165) is 11.1 Å². The maximum atomic E-state index is 12.4. The van der Waals surface area contributed by atoms with Crippen molar-refractivity contribution in [2.75, 3.05) is 19.7 Å². The van der Waals surface area contributed by atoms with Crippen molar-refractivity contribution in [2.45, 2.75) is 40.2 Å². The van der Waals surface area contributed by atoms with Gasteiger partial charge in [0.1, 0.15) is 5.60 Å². The molecular formula is C19H24ClNO4. The number of carbonyl (C=O) groups excluding carboxylic acids is 2. The van der Waals surface area contributed by atoms with E-state index in [1.165, 1.54) is 4.90 Å². The van der Waals surface area contributed by atoms with Gasteiger partial charge in [-0.3, -0.25) is 4.90 Å². The lowest BCUT2D eigenvalue weighted by atomic mass is 10.0. The van der Waals surface area contributed by atoms with Crippen LogP contribution in [-0.2, 0) is 14.3 Å². The minimum absolute atomic E-state index is 0.146. The summed E-state index contributed by atoms with van der Waals surface area (Å²) in [6.07, 6.45) is -0.465. The quantitative estimate of drug-likeness (QED) is 0.753. The molecule has 1 heterocycles. The van der Waals surface area contributed by atoms with Crippen LogP contribution in [0.5, 0.6) is 0 Å². The zero-order valence-corrected chi connectivity index (χ0v) is 16.1. The Kier molecular flexibility index (Phi) is 5.78. The number of rotatable bonds is 3. The van der Waals surface area contributed by atoms with Crippen LogP contribution in [-0.4, -0.2) is 42.3 Å². The first-order chi connectivity index (χ1) is 11.6. The average Bonchev–Trinajstić information content (AvgIpc) is 2.91. The van der Waals surface area contributed by atoms with Crippen molar-refractivity contribution in [3.63, 3.8) is 0 Å². The maximum absolute atomic E-state index is 12.4. The molecule has 0 N–H and O–H groups in total. The molecule has 0 aliphatic carbocycles. The van der Waals surface area contributed by atoms with Crippen molar-refractivity contribution in [2.24, 2.45) is 0 Å². The highest BCUT2D eigenvalue weighted by Crippen LogP contribution is 2.33. The van der Waals surface area contributed by atoms with E-state index in [4.69, 9.17) is 21.1 Å². The molecule has 1 amide bonds. The fraction of sp³-hybridized carbons (Fsp3) is 0.474. The second-order valence-electron chi connectivity index (χ2n) is 7.00. The fourth-order valence-electron chi connectivity index (χ4n) is 2.60. The van der Waals surface area contributed by atoms with Crippen molar-refractivity contribution in [1.29, 1.82) is 0 Å². The molecule has 0 unspecified atom stereocenters. The van der Waals surface area contributed by atoms with Gasteiger partial charge in [0.25, 0.3) is 0 Å². The molecule has 1 aromatic carbocycles. The van der Waals surface area contributed by atoms with Crippen LogP contribution in [0.2, 0.25) is 5.02 Å². The number of aryl methyl sites for hydroxylation is 1. The third-order valence-electron chi connectivity index (χ3n) is 3.69. The Labute approximate surface area is 153 Å². The van der Waals surface area contributed by atoms with E-state index in [-0.39, 0.29) is 19.7 Å². The van der Waals surface area contributed by atoms with Gasteiger partial charge in [-0.15, -0.1) is 0 Å². The first-order valence-electron chi connectivity index (χ1n) is 8.26. The van der Waals surface area contributed by atoms with E-state index in [1.54, 1.807) is 27.7 Å². The lowest BCUT2D eigenvalue weighted by Crippen LogP contribution is -2.36. The van der Waals surface area contributed by atoms with Crippen LogP contribution in [0, 0.1) is 6.92 Å². The van der Waals surface area contributed by atoms with Crippen molar-refractivity contribution >= 4 is 29.2 Å². The topological polar surface area (TPSA) is 55.8 Å². The lowest BCUT2D eigenvalue weighted by molar-refractivity contribution is -0.138. The number of amides is 1. The summed E-state index contributed by atoms with van der Waals surface area (Å²) in [5.74, 6) is -0.430. The Hall–Kier alpha value is -2.01. The molecule has 1 aliphatic rings. The van der Waals surface area contributed by atoms with Gasteiger partial charge in [-0.1, -0.05) is 23.7 Å². The van der Waals surface area contributed by atoms with Crippen LogP contribution >= 0.6 is 11.6 Å². The molecule has 0 spiro atoms. The highest BCUT2D eigenvalue weighted by atomic mass is 35.5. The zero-order valence-electron chi connectivity index (χ0n) is 15.3. The van der Waals surface area contributed by atoms with E-state index in [0.29, 0.717) is 16.2 Å². The van der Waals surface area contributed by atoms with Crippen LogP contribution < -0.4 is 0 Å². The van der Waals surface area contributed by atoms with Crippen molar-refractivity contribution in [1.82, 2.24) is 4.90 Å². The number of benzene rings is 1. The van der Waals surface area contributed by atoms with Gasteiger partial charge in [-0.2, -0.15) is 0 Å². The summed E-state index contributed by atoms with van der Waals surface area (Å²) in [4.78, 5) is 26.2. The number of hydrogen-bond acceptors (Lipinski definition) is 4. The summed E-state index contributed by atoms with van der Waals surface area (Å²) in [5, 5.41) is 0.544. The van der Waals surface area contributed by atoms with Gasteiger partial charge in [0, 0.05) is 5.02 Å². The molecule has 0 saturated carbocycles. The fourth-order valence-corrected chi connectivity index (χ4v) is 2.95. The van der Waals surface area contributed by atoms with E-state index >= 15 is 0 Å². The molecule has 1 aliphatic heterocycles. The number of ether oxygens (including phenoxy) is 2. The van der Waals surface area contributed by atoms with Gasteiger partial charge in [0.2, 0.25) is 0 Å². The predicted molar refractivity (Wildman–Crippen MR) is 97.5 cm³/mol. The number of halogens is 1. The molecule has 0 atom stereocenters. The van der Waals surface area contributed by atoms with Crippen molar-refractivity contribution < 1.29 is 19.1 Å². The minimum Gasteiger partial charge on any atom is -0.463 e. The number of esters is 1. The van der Waals surface area contributed by atoms with Crippen LogP contribution in [0.4, 0.5) is 4.79 Å². The van der Waals surface area contributed by atoms with Gasteiger partial charge in [-0.05, 0) is 57.4 Å². The first-order valence-corrected chi connectivity index (χ1v) is 8.63. The summed E-state index contributed by atoms with van der Waals surface area (Å²) in [6.45, 7) is 9.77. The number of hydrogen-bond donors (Lipinski definition) is 0. The lowest BCUT2D eigenvalue weighted by Gasteiger charge is -2.24. The second kappa shape index (κ2) is 7.48. The molecular weight excluding hydrogens is 342 g/mol. The summed E-state index contributed by atoms with van der Waals surface area (Å²) in [6, 6.07) is 5.63. The molecule has 2 rings (SSSR count). The maximum Gasteiger partial charge on any atom is 0.410 e. The Morgan fingerprint density at radius 2 is 1.92 bits per heavy atom. The average molecular weight is 366 g/mol. The van der Waals surface area contributed by atoms with Gasteiger partial charge >= 0.3 is 12.1 Å². The van der Waals surface area contributed by atoms with Gasteiger partial charge in [-0.25, -0.2) is 9.59 Å². The highest BCUT2D eigenvalue weighted by Gasteiger charge is 2.34. The van der Waals surface area contributed by atoms with Gasteiger partial charge in [0.15, 0.2) is 0 Å². The summed E-state index contributed by atoms with van der Waals surface area (Å²) in [7, 11) is 0. The molecule has 136 valence electrons. The van der Waals surface area contributed by atoms with E-state index in [2.05, 4.69) is 0 Å². The zero-order chi connectivity index (χ0) is 18.8. The normalized spacial score (nSPS) is 14.7. The van der Waals surface area contributed by atoms with Gasteiger partial charge in [0.05, 0.1) is 25.3 Å². The van der Waals surface area contributed by atoms with Crippen LogP contribution in [0.3, 0.4) is 0 Å². The predicted octanol–water partition coefficient (Wildman–Crippen LogP) is 4.22. The number of nitrogens with zero attached hydrogens (tertiary/aromatic N) is 1. The largest absolute Gasteiger partial charge is 0.463 e. The van der Waals surface area contributed by atoms with E-state index in [1.807, 2.05) is 25.1 Å². The Bertz CT molecular complexity index is 719. The third-order valence-corrected chi connectivity index (χ3v) is 4.00. The Balaban J connectivity index is 2.35. The summed E-state index contributed by atoms with van der Waals surface area (Å²) < 4.78 is 10.6. The molecule has 0 fully saturated rings. The van der Waals surface area contributed by atoms with Crippen LogP contribution in [0.15, 0.2) is 23.8 Å². The standard InChI is InChI=1S/C19H24ClNO4/c1-6-24-17(22)15-11-21(18(23)25-19(3,4)5)10-14(15)13-8-7-12(2)9-16(13)20/h7-9H,6,10-11H2,1-5H3. The summed E-state index contributed by atoms with van der Waals surface area (Å²) in [5.41, 5.74) is 2.30. The second-order valence-corrected chi connectivity index (χ2v) is 7.40. The molecule has 0 aromatic heterocycles. The molecule has 0 radical (unpaired) electrons. The molecule has 0 saturated heterocycles. The third kappa shape index (κ3) is 4.75. The number of carbonyl (C=O) groups is 2. The highest BCUT2D eigenvalue weighted by molar-refractivity contribution is 6.32. The van der Waals surface area contributed by atoms with E-state index in [9.17, 15) is 9.59 Å². The smallest absolute Gasteiger partial charge is 0.410 e. The minimum atomic E-state index is -0.606. The van der Waals surface area contributed by atoms with Crippen LogP contribution in [0.25, 0.3) is 5.57 Å². The molecule has 0 bridgehead atoms. The summed E-state index contributed by atoms with van der Waals surface area (Å²) >= 11 is 6.37. The van der Waals surface area contributed by atoms with Crippen LogP contribution in [0.1, 0.15) is 38.8 Å². The Morgan fingerprint density at radius 3 is 2.48 bits per heavy atom. The van der Waals surface area contributed by atoms with E-state index < -0.39 is 17.7 Å². The molecule has 5 nitrogen and oxygen atoms in total. The molecule has 25 heavy (non-hydrogen) atoms. The Morgan fingerprint density at radius 1 is 1.24 bits per heavy atom. The SMILES string of the molecule is CCOC(=O)C1=C(c2ccc(C)cc2Cl)CN(C(=O)OC(C)(C)C)C1. The first kappa shape index (κ1) is 19.3. The van der Waals surface area contributed by atoms with Gasteiger partial charge < -0.3 is 9.47 Å². The monoisotopic (exact) mass is 365 g/mol. The molecule has 6 heteroatoms. The molecule has 1 aromatic rings. The van der Waals surface area contributed by atoms with Crippen molar-refractivity contribution in [3.05, 3.63) is 39.9 Å². The van der Waals surface area contributed by atoms with Crippen molar-refractivity contribution in [3.8, 4) is 0 Å².